The van der Waals surface area contributed by atoms with Gasteiger partial charge in [-0.3, -0.25) is 4.79 Å². The van der Waals surface area contributed by atoms with Gasteiger partial charge in [0.1, 0.15) is 11.5 Å². The third kappa shape index (κ3) is 6.73. The molecule has 2 atom stereocenters. The second kappa shape index (κ2) is 10.3. The lowest BCUT2D eigenvalue weighted by Gasteiger charge is -2.23. The topological polar surface area (TPSA) is 71.4 Å². The van der Waals surface area contributed by atoms with Crippen LogP contribution in [0.4, 0.5) is 13.2 Å². The maximum atomic E-state index is 13.3. The molecule has 0 radical (unpaired) electrons. The summed E-state index contributed by atoms with van der Waals surface area (Å²) in [5, 5.41) is 10.0. The molecule has 0 aliphatic heterocycles. The number of alkyl halides is 3. The van der Waals surface area contributed by atoms with Crippen molar-refractivity contribution in [3.05, 3.63) is 59.2 Å². The van der Waals surface area contributed by atoms with E-state index in [0.717, 1.165) is 17.7 Å². The molecule has 5 nitrogen and oxygen atoms in total. The van der Waals surface area contributed by atoms with Crippen molar-refractivity contribution < 1.29 is 27.4 Å². The lowest BCUT2D eigenvalue weighted by atomic mass is 10.0. The fraction of sp³-hybridized carbons (Fsp3) is 0.391. The predicted molar refractivity (Wildman–Crippen MR) is 113 cm³/mol. The number of halogens is 3. The minimum absolute atomic E-state index is 0.0733. The Balaban J connectivity index is 2.20. The largest absolute Gasteiger partial charge is 0.497 e. The third-order valence-corrected chi connectivity index (χ3v) is 4.72. The Labute approximate surface area is 180 Å². The van der Waals surface area contributed by atoms with Crippen molar-refractivity contribution in [3.8, 4) is 11.5 Å². The van der Waals surface area contributed by atoms with Gasteiger partial charge in [0.15, 0.2) is 6.10 Å². The highest BCUT2D eigenvalue weighted by molar-refractivity contribution is 5.82. The van der Waals surface area contributed by atoms with Crippen LogP contribution >= 0.6 is 0 Å². The van der Waals surface area contributed by atoms with Crippen molar-refractivity contribution in [1.82, 2.24) is 5.32 Å². The molecule has 0 aliphatic carbocycles. The summed E-state index contributed by atoms with van der Waals surface area (Å²) >= 11 is 0. The summed E-state index contributed by atoms with van der Waals surface area (Å²) in [6.07, 6.45) is -4.63. The highest BCUT2D eigenvalue weighted by atomic mass is 19.4. The number of carbonyl (C=O) groups is 1. The van der Waals surface area contributed by atoms with Crippen molar-refractivity contribution in [2.24, 2.45) is 5.92 Å². The molecule has 2 aromatic rings. The van der Waals surface area contributed by atoms with Gasteiger partial charge in [0.25, 0.3) is 5.91 Å². The van der Waals surface area contributed by atoms with Crippen LogP contribution in [0.1, 0.15) is 49.9 Å². The number of hydrogen-bond acceptors (Lipinski definition) is 4. The quantitative estimate of drug-likeness (QED) is 0.518. The minimum atomic E-state index is -4.63. The maximum Gasteiger partial charge on any atom is 0.417 e. The molecule has 8 heteroatoms. The molecule has 0 saturated carbocycles. The average Bonchev–Trinajstić information content (AvgIpc) is 2.72. The second-order valence-corrected chi connectivity index (χ2v) is 7.63. The van der Waals surface area contributed by atoms with Gasteiger partial charge in [-0.25, -0.2) is 0 Å². The molecule has 0 aromatic heterocycles. The molecule has 168 valence electrons. The molecule has 2 aromatic carbocycles. The number of nitrogens with one attached hydrogen (secondary N) is 2. The highest BCUT2D eigenvalue weighted by Gasteiger charge is 2.34. The van der Waals surface area contributed by atoms with Crippen LogP contribution in [0.2, 0.25) is 0 Å². The van der Waals surface area contributed by atoms with E-state index in [1.165, 1.54) is 6.07 Å². The Hall–Kier alpha value is -3.03. The SMILES string of the molecule is COc1ccc([C@@H](C)NC(=O)C(CC(C)C)Oc2ccc(C=N)c(C(F)(F)F)c2)cc1. The zero-order chi connectivity index (χ0) is 23.2. The predicted octanol–water partition coefficient (Wildman–Crippen LogP) is 5.38. The fourth-order valence-electron chi connectivity index (χ4n) is 3.06. The molecule has 0 spiro atoms. The van der Waals surface area contributed by atoms with Crippen molar-refractivity contribution >= 4 is 12.1 Å². The van der Waals surface area contributed by atoms with Gasteiger partial charge in [-0.1, -0.05) is 26.0 Å². The Morgan fingerprint density at radius 2 is 1.71 bits per heavy atom. The van der Waals surface area contributed by atoms with E-state index in [4.69, 9.17) is 14.9 Å². The van der Waals surface area contributed by atoms with Gasteiger partial charge in [0.2, 0.25) is 0 Å². The molecule has 0 heterocycles. The number of ether oxygens (including phenoxy) is 2. The summed E-state index contributed by atoms with van der Waals surface area (Å²) in [5.41, 5.74) is -0.389. The summed E-state index contributed by atoms with van der Waals surface area (Å²) in [4.78, 5) is 12.9. The standard InChI is InChI=1S/C23H27F3N2O3/c1-14(2)11-21(22(29)28-15(3)16-5-8-18(30-4)9-6-16)31-19-10-7-17(13-27)20(12-19)23(24,25)26/h5-10,12-15,21,27H,11H2,1-4H3,(H,28,29)/t15-,21?/m1/s1. The molecule has 1 unspecified atom stereocenters. The fourth-order valence-corrected chi connectivity index (χ4v) is 3.06. The molecular formula is C23H27F3N2O3. The van der Waals surface area contributed by atoms with Crippen molar-refractivity contribution in [3.63, 3.8) is 0 Å². The Morgan fingerprint density at radius 3 is 2.23 bits per heavy atom. The first-order chi connectivity index (χ1) is 14.5. The number of hydrogen-bond donors (Lipinski definition) is 2. The van der Waals surface area contributed by atoms with Crippen LogP contribution in [0.25, 0.3) is 0 Å². The van der Waals surface area contributed by atoms with Crippen molar-refractivity contribution in [2.45, 2.75) is 45.5 Å². The number of benzene rings is 2. The first-order valence-corrected chi connectivity index (χ1v) is 9.87. The van der Waals surface area contributed by atoms with E-state index in [2.05, 4.69) is 5.32 Å². The molecular weight excluding hydrogens is 409 g/mol. The van der Waals surface area contributed by atoms with Gasteiger partial charge in [0.05, 0.1) is 18.7 Å². The van der Waals surface area contributed by atoms with E-state index in [1.807, 2.05) is 32.9 Å². The van der Waals surface area contributed by atoms with Crippen LogP contribution in [-0.4, -0.2) is 25.3 Å². The second-order valence-electron chi connectivity index (χ2n) is 7.63. The van der Waals surface area contributed by atoms with Crippen LogP contribution in [-0.2, 0) is 11.0 Å². The van der Waals surface area contributed by atoms with Gasteiger partial charge in [0, 0.05) is 11.8 Å². The summed E-state index contributed by atoms with van der Waals surface area (Å²) in [7, 11) is 1.56. The van der Waals surface area contributed by atoms with Gasteiger partial charge in [-0.2, -0.15) is 13.2 Å². The van der Waals surface area contributed by atoms with E-state index in [1.54, 1.807) is 19.2 Å². The highest BCUT2D eigenvalue weighted by Crippen LogP contribution is 2.34. The molecule has 0 aliphatic rings. The molecule has 1 amide bonds. The first-order valence-electron chi connectivity index (χ1n) is 9.87. The third-order valence-electron chi connectivity index (χ3n) is 4.72. The van der Waals surface area contributed by atoms with Crippen molar-refractivity contribution in [2.75, 3.05) is 7.11 Å². The Bertz CT molecular complexity index is 896. The molecule has 0 bridgehead atoms. The molecule has 2 rings (SSSR count). The Kier molecular flexibility index (Phi) is 8.08. The molecule has 31 heavy (non-hydrogen) atoms. The number of rotatable bonds is 9. The number of carbonyl (C=O) groups excluding carboxylic acids is 1. The summed E-state index contributed by atoms with van der Waals surface area (Å²) in [6, 6.07) is 10.2. The van der Waals surface area contributed by atoms with Gasteiger partial charge < -0.3 is 20.2 Å². The lowest BCUT2D eigenvalue weighted by molar-refractivity contribution is -0.137. The van der Waals surface area contributed by atoms with E-state index in [0.29, 0.717) is 18.4 Å². The lowest BCUT2D eigenvalue weighted by Crippen LogP contribution is -2.40. The smallest absolute Gasteiger partial charge is 0.417 e. The van der Waals surface area contributed by atoms with Gasteiger partial charge in [-0.05, 0) is 55.2 Å². The van der Waals surface area contributed by atoms with Crippen LogP contribution < -0.4 is 14.8 Å². The van der Waals surface area contributed by atoms with E-state index < -0.39 is 23.8 Å². The summed E-state index contributed by atoms with van der Waals surface area (Å²) in [6.45, 7) is 5.61. The molecule has 2 N–H and O–H groups in total. The van der Waals surface area contributed by atoms with Gasteiger partial charge >= 0.3 is 6.18 Å². The van der Waals surface area contributed by atoms with E-state index >= 15 is 0 Å². The zero-order valence-corrected chi connectivity index (χ0v) is 17.9. The first kappa shape index (κ1) is 24.2. The Morgan fingerprint density at radius 1 is 1.10 bits per heavy atom. The molecule has 0 fully saturated rings. The van der Waals surface area contributed by atoms with E-state index in [9.17, 15) is 18.0 Å². The van der Waals surface area contributed by atoms with E-state index in [-0.39, 0.29) is 23.3 Å². The van der Waals surface area contributed by atoms with Crippen LogP contribution in [0.5, 0.6) is 11.5 Å². The van der Waals surface area contributed by atoms with Crippen LogP contribution in [0.15, 0.2) is 42.5 Å². The zero-order valence-electron chi connectivity index (χ0n) is 17.9. The van der Waals surface area contributed by atoms with Gasteiger partial charge in [-0.15, -0.1) is 0 Å². The van der Waals surface area contributed by atoms with Crippen LogP contribution in [0, 0.1) is 11.3 Å². The monoisotopic (exact) mass is 436 g/mol. The average molecular weight is 436 g/mol. The van der Waals surface area contributed by atoms with Crippen molar-refractivity contribution in [1.29, 1.82) is 5.41 Å². The minimum Gasteiger partial charge on any atom is -0.497 e. The normalized spacial score (nSPS) is 13.4. The summed E-state index contributed by atoms with van der Waals surface area (Å²) < 4.78 is 50.7. The van der Waals surface area contributed by atoms with Crippen LogP contribution in [0.3, 0.4) is 0 Å². The summed E-state index contributed by atoms with van der Waals surface area (Å²) in [5.74, 6) is 0.282. The maximum absolute atomic E-state index is 13.3. The molecule has 0 saturated heterocycles. The number of methoxy groups -OCH3 is 1. The number of amides is 1.